The minimum absolute atomic E-state index is 0.135. The van der Waals surface area contributed by atoms with E-state index in [1.54, 1.807) is 19.1 Å². The molecule has 1 rings (SSSR count). The van der Waals surface area contributed by atoms with Crippen molar-refractivity contribution in [1.82, 2.24) is 0 Å². The van der Waals surface area contributed by atoms with Crippen molar-refractivity contribution in [2.75, 3.05) is 5.43 Å². The van der Waals surface area contributed by atoms with Crippen LogP contribution in [0.1, 0.15) is 5.56 Å². The lowest BCUT2D eigenvalue weighted by Crippen LogP contribution is -2.22. The normalized spacial score (nSPS) is 10.7. The van der Waals surface area contributed by atoms with Crippen molar-refractivity contribution in [1.29, 1.82) is 10.7 Å². The van der Waals surface area contributed by atoms with Crippen molar-refractivity contribution in [2.24, 2.45) is 10.8 Å². The first-order valence-corrected chi connectivity index (χ1v) is 5.68. The molecule has 0 aromatic heterocycles. The minimum Gasteiger partial charge on any atom is -0.382 e. The number of rotatable bonds is 4. The third-order valence-corrected chi connectivity index (χ3v) is 2.77. The van der Waals surface area contributed by atoms with Gasteiger partial charge in [0.05, 0.1) is 15.1 Å². The summed E-state index contributed by atoms with van der Waals surface area (Å²) in [5.41, 5.74) is 8.21. The average molecular weight is 325 g/mol. The highest BCUT2D eigenvalue weighted by atomic mass is 79.9. The summed E-state index contributed by atoms with van der Waals surface area (Å²) in [6.45, 7) is 1.71. The van der Waals surface area contributed by atoms with Crippen LogP contribution in [0.15, 0.2) is 21.7 Å². The van der Waals surface area contributed by atoms with Gasteiger partial charge in [0.25, 0.3) is 5.69 Å². The van der Waals surface area contributed by atoms with Crippen LogP contribution in [0.4, 0.5) is 11.4 Å². The Bertz CT molecular complexity index is 619. The number of nitrogens with zero attached hydrogens (tertiary/aromatic N) is 3. The van der Waals surface area contributed by atoms with Crippen molar-refractivity contribution in [3.05, 3.63) is 32.3 Å². The Morgan fingerprint density at radius 3 is 2.79 bits per heavy atom. The molecule has 1 aromatic carbocycles. The van der Waals surface area contributed by atoms with Gasteiger partial charge in [0.15, 0.2) is 5.84 Å². The van der Waals surface area contributed by atoms with Gasteiger partial charge in [-0.15, -0.1) is 0 Å². The molecule has 4 N–H and O–H groups in total. The Labute approximate surface area is 116 Å². The summed E-state index contributed by atoms with van der Waals surface area (Å²) in [6.07, 6.45) is 0. The van der Waals surface area contributed by atoms with Crippen LogP contribution in [0.3, 0.4) is 0 Å². The predicted molar refractivity (Wildman–Crippen MR) is 74.1 cm³/mol. The van der Waals surface area contributed by atoms with Gasteiger partial charge in [0.1, 0.15) is 6.07 Å². The van der Waals surface area contributed by atoms with Crippen LogP contribution in [0.2, 0.25) is 0 Å². The number of halogens is 1. The lowest BCUT2D eigenvalue weighted by Gasteiger charge is -2.06. The molecule has 0 fully saturated rings. The summed E-state index contributed by atoms with van der Waals surface area (Å²) < 4.78 is 0.344. The lowest BCUT2D eigenvalue weighted by atomic mass is 10.2. The standard InChI is InChI=1S/C10H9BrN6O2/c1-5-2-6(11)9(17(18)19)3-7(5)15-16-8(4-12)10(13)14/h2-3,15H,1H3,(H3,13,14)/b16-8+. The maximum absolute atomic E-state index is 10.8. The molecule has 19 heavy (non-hydrogen) atoms. The molecule has 0 amide bonds. The zero-order chi connectivity index (χ0) is 14.6. The molecule has 0 unspecified atom stereocenters. The highest BCUT2D eigenvalue weighted by Crippen LogP contribution is 2.30. The van der Waals surface area contributed by atoms with Crippen LogP contribution in [-0.2, 0) is 0 Å². The first kappa shape index (κ1) is 14.6. The van der Waals surface area contributed by atoms with Crippen molar-refractivity contribution in [2.45, 2.75) is 6.92 Å². The molecule has 0 saturated heterocycles. The van der Waals surface area contributed by atoms with E-state index in [1.165, 1.54) is 6.07 Å². The summed E-state index contributed by atoms with van der Waals surface area (Å²) in [5, 5.41) is 30.2. The Morgan fingerprint density at radius 2 is 2.32 bits per heavy atom. The Kier molecular flexibility index (Phi) is 4.55. The van der Waals surface area contributed by atoms with E-state index in [4.69, 9.17) is 16.4 Å². The fourth-order valence-electron chi connectivity index (χ4n) is 1.18. The number of amidine groups is 1. The predicted octanol–water partition coefficient (Wildman–Crippen LogP) is 1.89. The maximum atomic E-state index is 10.8. The molecule has 98 valence electrons. The number of hydrogen-bond donors (Lipinski definition) is 3. The quantitative estimate of drug-likeness (QED) is 0.335. The van der Waals surface area contributed by atoms with E-state index >= 15 is 0 Å². The second-order valence-electron chi connectivity index (χ2n) is 3.47. The molecule has 0 aliphatic rings. The third-order valence-electron chi connectivity index (χ3n) is 2.14. The second kappa shape index (κ2) is 5.92. The molecule has 1 aromatic rings. The summed E-state index contributed by atoms with van der Waals surface area (Å²) in [7, 11) is 0. The number of nitriles is 1. The number of aryl methyl sites for hydroxylation is 1. The van der Waals surface area contributed by atoms with E-state index in [1.807, 2.05) is 0 Å². The van der Waals surface area contributed by atoms with E-state index in [2.05, 4.69) is 26.5 Å². The Hall–Kier alpha value is -2.47. The van der Waals surface area contributed by atoms with Crippen LogP contribution in [0, 0.1) is 33.8 Å². The number of hydrogen-bond acceptors (Lipinski definition) is 6. The van der Waals surface area contributed by atoms with E-state index in [-0.39, 0.29) is 11.4 Å². The fourth-order valence-corrected chi connectivity index (χ4v) is 1.79. The number of nitro groups is 1. The number of nitro benzene ring substituents is 1. The van der Waals surface area contributed by atoms with Crippen molar-refractivity contribution >= 4 is 38.9 Å². The summed E-state index contributed by atoms with van der Waals surface area (Å²) >= 11 is 3.09. The zero-order valence-corrected chi connectivity index (χ0v) is 11.4. The molecule has 0 saturated carbocycles. The average Bonchev–Trinajstić information content (AvgIpc) is 2.31. The third kappa shape index (κ3) is 3.49. The monoisotopic (exact) mass is 324 g/mol. The van der Waals surface area contributed by atoms with Gasteiger partial charge in [-0.3, -0.25) is 20.9 Å². The van der Waals surface area contributed by atoms with Crippen LogP contribution < -0.4 is 11.2 Å². The molecular formula is C10H9BrN6O2. The highest BCUT2D eigenvalue weighted by Gasteiger charge is 2.14. The molecule has 0 heterocycles. The van der Waals surface area contributed by atoms with Crippen molar-refractivity contribution in [3.8, 4) is 6.07 Å². The van der Waals surface area contributed by atoms with E-state index in [9.17, 15) is 10.1 Å². The molecule has 0 aliphatic carbocycles. The number of anilines is 1. The van der Waals surface area contributed by atoms with Gasteiger partial charge in [-0.25, -0.2) is 0 Å². The van der Waals surface area contributed by atoms with E-state index in [0.717, 1.165) is 0 Å². The molecular weight excluding hydrogens is 316 g/mol. The Balaban J connectivity index is 3.16. The first-order valence-electron chi connectivity index (χ1n) is 4.89. The molecule has 0 spiro atoms. The molecule has 0 radical (unpaired) electrons. The molecule has 0 aliphatic heterocycles. The zero-order valence-electron chi connectivity index (χ0n) is 9.77. The van der Waals surface area contributed by atoms with Gasteiger partial charge in [-0.2, -0.15) is 10.4 Å². The van der Waals surface area contributed by atoms with Crippen LogP contribution >= 0.6 is 15.9 Å². The largest absolute Gasteiger partial charge is 0.382 e. The summed E-state index contributed by atoms with van der Waals surface area (Å²) in [5.74, 6) is -0.487. The van der Waals surface area contributed by atoms with Gasteiger partial charge < -0.3 is 5.73 Å². The lowest BCUT2D eigenvalue weighted by molar-refractivity contribution is -0.385. The maximum Gasteiger partial charge on any atom is 0.285 e. The molecule has 8 nitrogen and oxygen atoms in total. The molecule has 0 bridgehead atoms. The van der Waals surface area contributed by atoms with E-state index in [0.29, 0.717) is 15.7 Å². The summed E-state index contributed by atoms with van der Waals surface area (Å²) in [6, 6.07) is 4.46. The van der Waals surface area contributed by atoms with E-state index < -0.39 is 10.8 Å². The van der Waals surface area contributed by atoms with Crippen LogP contribution in [-0.4, -0.2) is 16.5 Å². The smallest absolute Gasteiger partial charge is 0.285 e. The SMILES string of the molecule is Cc1cc(Br)c([N+](=O)[O-])cc1N/N=C(\C#N)C(=N)N. The van der Waals surface area contributed by atoms with Crippen LogP contribution in [0.5, 0.6) is 0 Å². The topological polar surface area (TPSA) is 141 Å². The number of benzene rings is 1. The second-order valence-corrected chi connectivity index (χ2v) is 4.33. The van der Waals surface area contributed by atoms with Gasteiger partial charge >= 0.3 is 0 Å². The van der Waals surface area contributed by atoms with Crippen LogP contribution in [0.25, 0.3) is 0 Å². The number of nitrogens with one attached hydrogen (secondary N) is 2. The van der Waals surface area contributed by atoms with Gasteiger partial charge in [-0.1, -0.05) is 0 Å². The van der Waals surface area contributed by atoms with Gasteiger partial charge in [-0.05, 0) is 34.5 Å². The fraction of sp³-hybridized carbons (Fsp3) is 0.100. The van der Waals surface area contributed by atoms with Crippen molar-refractivity contribution in [3.63, 3.8) is 0 Å². The number of hydrazone groups is 1. The van der Waals surface area contributed by atoms with Gasteiger partial charge in [0, 0.05) is 6.07 Å². The number of nitrogens with two attached hydrogens (primary N) is 1. The first-order chi connectivity index (χ1) is 8.86. The van der Waals surface area contributed by atoms with Crippen molar-refractivity contribution < 1.29 is 4.92 Å². The minimum atomic E-state index is -0.547. The molecule has 9 heteroatoms. The molecule has 0 atom stereocenters. The summed E-state index contributed by atoms with van der Waals surface area (Å²) in [4.78, 5) is 10.2. The Morgan fingerprint density at radius 1 is 1.68 bits per heavy atom. The highest BCUT2D eigenvalue weighted by molar-refractivity contribution is 9.10. The van der Waals surface area contributed by atoms with Gasteiger partial charge in [0.2, 0.25) is 5.71 Å².